The van der Waals surface area contributed by atoms with Crippen LogP contribution in [-0.2, 0) is 20.2 Å². The summed E-state index contributed by atoms with van der Waals surface area (Å²) in [6, 6.07) is 5.07. The Labute approximate surface area is 363 Å². The van der Waals surface area contributed by atoms with E-state index < -0.39 is 32.2 Å². The number of nitro groups is 2. The van der Waals surface area contributed by atoms with Crippen LogP contribution in [0.15, 0.2) is 24.3 Å². The molecule has 340 valence electrons. The Morgan fingerprint density at radius 1 is 0.689 bits per heavy atom. The van der Waals surface area contributed by atoms with Gasteiger partial charge in [-0.15, -0.1) is 0 Å². The van der Waals surface area contributed by atoms with Crippen molar-refractivity contribution in [2.45, 2.75) is 141 Å². The summed E-state index contributed by atoms with van der Waals surface area (Å²) in [5.74, 6) is -0.509. The van der Waals surface area contributed by atoms with Crippen LogP contribution in [0.5, 0.6) is 17.2 Å². The van der Waals surface area contributed by atoms with Gasteiger partial charge in [0.25, 0.3) is 17.5 Å². The molecule has 2 fully saturated rings. The van der Waals surface area contributed by atoms with Gasteiger partial charge in [-0.05, 0) is 87.3 Å². The van der Waals surface area contributed by atoms with Gasteiger partial charge in [-0.3, -0.25) is 29.8 Å². The summed E-state index contributed by atoms with van der Waals surface area (Å²) >= 11 is 0. The first kappa shape index (κ1) is 49.5. The number of hydrogen-bond acceptors (Lipinski definition) is 12. The number of unbranched alkanes of at least 4 members (excludes halogenated alkanes) is 2. The van der Waals surface area contributed by atoms with Crippen molar-refractivity contribution in [1.82, 2.24) is 9.80 Å². The monoisotopic (exact) mass is 888 g/mol. The molecule has 18 heteroatoms. The van der Waals surface area contributed by atoms with Crippen molar-refractivity contribution in [1.29, 1.82) is 0 Å². The third-order valence-corrected chi connectivity index (χ3v) is 22.0. The predicted octanol–water partition coefficient (Wildman–Crippen LogP) is 9.50. The third-order valence-electron chi connectivity index (χ3n) is 13.0. The van der Waals surface area contributed by atoms with Crippen LogP contribution in [0, 0.1) is 20.2 Å². The molecule has 0 spiro atoms. The van der Waals surface area contributed by atoms with Crippen LogP contribution in [0.3, 0.4) is 0 Å². The molecule has 0 saturated carbocycles. The fourth-order valence-electron chi connectivity index (χ4n) is 7.07. The maximum Gasteiger partial charge on any atom is 0.316 e. The summed E-state index contributed by atoms with van der Waals surface area (Å²) in [5, 5.41) is 24.4. The second kappa shape index (κ2) is 20.4. The largest absolute Gasteiger partial charge is 0.496 e. The lowest BCUT2D eigenvalue weighted by atomic mass is 10.0. The van der Waals surface area contributed by atoms with Crippen LogP contribution in [-0.4, -0.2) is 107 Å². The van der Waals surface area contributed by atoms with Gasteiger partial charge in [-0.25, -0.2) is 0 Å². The number of aryl methyl sites for hydroxylation is 1. The highest BCUT2D eigenvalue weighted by Gasteiger charge is 2.41. The molecule has 2 atom stereocenters. The molecule has 61 heavy (non-hydrogen) atoms. The van der Waals surface area contributed by atoms with Gasteiger partial charge in [0.05, 0.1) is 67.1 Å². The number of hydrogen-bond donors (Lipinski definition) is 0. The van der Waals surface area contributed by atoms with Crippen molar-refractivity contribution >= 4 is 39.8 Å². The summed E-state index contributed by atoms with van der Waals surface area (Å²) in [4.78, 5) is 65.2. The van der Waals surface area contributed by atoms with Crippen LogP contribution < -0.4 is 14.4 Å². The van der Waals surface area contributed by atoms with Gasteiger partial charge in [-0.2, -0.15) is 4.89 Å². The van der Waals surface area contributed by atoms with Crippen molar-refractivity contribution < 1.29 is 47.5 Å². The lowest BCUT2D eigenvalue weighted by Crippen LogP contribution is -2.46. The van der Waals surface area contributed by atoms with E-state index in [-0.39, 0.29) is 74.6 Å². The minimum Gasteiger partial charge on any atom is -0.496 e. The number of nitrogens with zero attached hydrogens (tertiary/aromatic N) is 4. The Morgan fingerprint density at radius 3 is 1.59 bits per heavy atom. The number of carbonyl (C=O) groups excluding carboxylic acids is 2. The average molecular weight is 889 g/mol. The molecule has 0 unspecified atom stereocenters. The minimum absolute atomic E-state index is 0.0102. The molecule has 0 aliphatic carbocycles. The van der Waals surface area contributed by atoms with Gasteiger partial charge >= 0.3 is 5.69 Å². The zero-order valence-corrected chi connectivity index (χ0v) is 40.3. The van der Waals surface area contributed by atoms with Crippen LogP contribution >= 0.6 is 0 Å². The SMILES string of the molecule is COc1cc(CCCCCOOc2cc(OC)c(C(=O)N3CCC[C@H]3CO[Si](C)(C)C(C)(C)C)cc2[N+](=O)[O-])c([N+](=O)[O-])cc1C(=O)N1CCC[C@H]1CO[Si](C)(C)C(C)(C)C. The van der Waals surface area contributed by atoms with Crippen molar-refractivity contribution in [3.63, 3.8) is 0 Å². The number of benzene rings is 2. The van der Waals surface area contributed by atoms with E-state index in [0.29, 0.717) is 57.6 Å². The smallest absolute Gasteiger partial charge is 0.316 e. The maximum atomic E-state index is 13.9. The molecule has 4 rings (SSSR count). The highest BCUT2D eigenvalue weighted by atomic mass is 28.4. The van der Waals surface area contributed by atoms with Gasteiger partial charge in [0.1, 0.15) is 11.5 Å². The number of rotatable bonds is 20. The molecule has 16 nitrogen and oxygen atoms in total. The molecule has 0 aromatic heterocycles. The van der Waals surface area contributed by atoms with Crippen molar-refractivity contribution in [2.75, 3.05) is 47.1 Å². The van der Waals surface area contributed by atoms with E-state index in [9.17, 15) is 29.8 Å². The summed E-state index contributed by atoms with van der Waals surface area (Å²) in [6.07, 6.45) is 5.13. The quantitative estimate of drug-likeness (QED) is 0.0404. The molecule has 2 amide bonds. The van der Waals surface area contributed by atoms with E-state index in [4.69, 9.17) is 28.1 Å². The zero-order valence-electron chi connectivity index (χ0n) is 38.3. The van der Waals surface area contributed by atoms with E-state index in [1.165, 1.54) is 26.4 Å². The highest BCUT2D eigenvalue weighted by Crippen LogP contribution is 2.40. The Hall–Kier alpha value is -4.11. The number of likely N-dealkylation sites (tertiary alicyclic amines) is 2. The fraction of sp³-hybridized carbons (Fsp3) is 0.674. The molecular weight excluding hydrogens is 821 g/mol. The minimum atomic E-state index is -2.06. The first-order valence-electron chi connectivity index (χ1n) is 21.3. The lowest BCUT2D eigenvalue weighted by Gasteiger charge is -2.38. The molecule has 0 radical (unpaired) electrons. The van der Waals surface area contributed by atoms with Crippen LogP contribution in [0.2, 0.25) is 36.3 Å². The molecule has 2 heterocycles. The van der Waals surface area contributed by atoms with Gasteiger partial charge in [0.2, 0.25) is 5.75 Å². The fourth-order valence-corrected chi connectivity index (χ4v) is 9.16. The number of carbonyl (C=O) groups is 2. The second-order valence-corrected chi connectivity index (χ2v) is 28.8. The van der Waals surface area contributed by atoms with Crippen molar-refractivity contribution in [3.05, 3.63) is 61.2 Å². The summed E-state index contributed by atoms with van der Waals surface area (Å²) in [5.41, 5.74) is 0.0457. The van der Waals surface area contributed by atoms with Gasteiger partial charge in [0.15, 0.2) is 16.6 Å². The molecule has 0 N–H and O–H groups in total. The third kappa shape index (κ3) is 12.1. The number of ether oxygens (including phenoxy) is 2. The van der Waals surface area contributed by atoms with Gasteiger partial charge in [-0.1, -0.05) is 48.0 Å². The predicted molar refractivity (Wildman–Crippen MR) is 238 cm³/mol. The van der Waals surface area contributed by atoms with Gasteiger partial charge in [0, 0.05) is 36.9 Å². The van der Waals surface area contributed by atoms with E-state index in [1.807, 2.05) is 0 Å². The lowest BCUT2D eigenvalue weighted by molar-refractivity contribution is -0.388. The summed E-state index contributed by atoms with van der Waals surface area (Å²) < 4.78 is 24.0. The highest BCUT2D eigenvalue weighted by molar-refractivity contribution is 6.74. The first-order chi connectivity index (χ1) is 28.4. The Balaban J connectivity index is 1.35. The van der Waals surface area contributed by atoms with Gasteiger partial charge < -0.3 is 33.0 Å². The van der Waals surface area contributed by atoms with E-state index in [1.54, 1.807) is 15.9 Å². The topological polar surface area (TPSA) is 182 Å². The molecule has 0 bridgehead atoms. The number of methoxy groups -OCH3 is 2. The van der Waals surface area contributed by atoms with E-state index in [0.717, 1.165) is 31.7 Å². The Bertz CT molecular complexity index is 1760. The summed E-state index contributed by atoms with van der Waals surface area (Å²) in [7, 11) is -1.28. The van der Waals surface area contributed by atoms with E-state index >= 15 is 0 Å². The van der Waals surface area contributed by atoms with Crippen LogP contribution in [0.25, 0.3) is 0 Å². The molecule has 2 aromatic rings. The van der Waals surface area contributed by atoms with E-state index in [2.05, 4.69) is 67.7 Å². The van der Waals surface area contributed by atoms with Crippen molar-refractivity contribution in [3.8, 4) is 17.2 Å². The Kier molecular flexibility index (Phi) is 16.6. The number of nitro benzene ring substituents is 2. The summed E-state index contributed by atoms with van der Waals surface area (Å²) in [6.45, 7) is 23.6. The first-order valence-corrected chi connectivity index (χ1v) is 27.2. The van der Waals surface area contributed by atoms with Crippen LogP contribution in [0.1, 0.15) is 113 Å². The zero-order chi connectivity index (χ0) is 45.5. The molecular formula is C43H68N4O12Si2. The normalized spacial score (nSPS) is 17.4. The van der Waals surface area contributed by atoms with Crippen molar-refractivity contribution in [2.24, 2.45) is 0 Å². The average Bonchev–Trinajstić information content (AvgIpc) is 3.87. The second-order valence-electron chi connectivity index (χ2n) is 19.2. The van der Waals surface area contributed by atoms with Crippen LogP contribution in [0.4, 0.5) is 11.4 Å². The number of amides is 2. The molecule has 2 aromatic carbocycles. The molecule has 2 aliphatic heterocycles. The standard InChI is InChI=1S/C43H68N4O12Si2/c1-42(2,3)60(9,10)57-28-31-19-16-21-44(31)40(48)33-25-35(46(50)51)30(24-37(33)54-7)18-14-13-15-23-56-59-39-27-38(55-8)34(26-36(39)47(52)53)41(49)45-22-17-20-32(45)29-58-61(11,12)43(4,5)6/h24-27,31-32H,13-23,28-29H2,1-12H3/t31-,32-/m0/s1. The molecule has 2 saturated heterocycles. The Morgan fingerprint density at radius 2 is 1.15 bits per heavy atom. The maximum absolute atomic E-state index is 13.9. The molecule has 2 aliphatic rings.